The summed E-state index contributed by atoms with van der Waals surface area (Å²) < 4.78 is 46.5. The highest BCUT2D eigenvalue weighted by atomic mass is 19.1. The molecule has 1 heterocycles. The SMILES string of the molecule is O=C(COc1ccc([N+](=O)[O-])c(F)c1)N(Cc1ccccn1)c1ccc(F)cc1F. The summed E-state index contributed by atoms with van der Waals surface area (Å²) in [6.07, 6.45) is 1.50. The van der Waals surface area contributed by atoms with Crippen LogP contribution in [0.5, 0.6) is 5.75 Å². The Morgan fingerprint density at radius 1 is 1.07 bits per heavy atom. The standard InChI is InChI=1S/C20H14F3N3O4/c21-13-4-6-18(16(22)9-13)25(11-14-3-1-2-8-24-14)20(27)12-30-15-5-7-19(26(28)29)17(23)10-15/h1-10H,11-12H2. The number of amides is 1. The van der Waals surface area contributed by atoms with Crippen LogP contribution >= 0.6 is 0 Å². The molecule has 0 spiro atoms. The van der Waals surface area contributed by atoms with Gasteiger partial charge in [0.15, 0.2) is 6.61 Å². The van der Waals surface area contributed by atoms with E-state index in [1.807, 2.05) is 0 Å². The third-order valence-electron chi connectivity index (χ3n) is 4.03. The summed E-state index contributed by atoms with van der Waals surface area (Å²) in [5, 5.41) is 10.7. The van der Waals surface area contributed by atoms with E-state index in [9.17, 15) is 28.1 Å². The number of nitro groups is 1. The molecule has 2 aromatic carbocycles. The molecule has 0 saturated carbocycles. The molecular formula is C20H14F3N3O4. The molecule has 1 amide bonds. The zero-order valence-electron chi connectivity index (χ0n) is 15.3. The second-order valence-corrected chi connectivity index (χ2v) is 6.06. The number of anilines is 1. The van der Waals surface area contributed by atoms with Crippen molar-refractivity contribution in [1.82, 2.24) is 4.98 Å². The second-order valence-electron chi connectivity index (χ2n) is 6.06. The first-order valence-electron chi connectivity index (χ1n) is 8.57. The molecule has 30 heavy (non-hydrogen) atoms. The maximum atomic E-state index is 14.3. The van der Waals surface area contributed by atoms with E-state index in [1.165, 1.54) is 6.20 Å². The first kappa shape index (κ1) is 20.8. The van der Waals surface area contributed by atoms with Crippen molar-refractivity contribution in [2.24, 2.45) is 0 Å². The summed E-state index contributed by atoms with van der Waals surface area (Å²) >= 11 is 0. The number of nitro benzene ring substituents is 1. The summed E-state index contributed by atoms with van der Waals surface area (Å²) in [7, 11) is 0. The highest BCUT2D eigenvalue weighted by Gasteiger charge is 2.22. The van der Waals surface area contributed by atoms with Crippen molar-refractivity contribution in [1.29, 1.82) is 0 Å². The average molecular weight is 417 g/mol. The Balaban J connectivity index is 1.81. The topological polar surface area (TPSA) is 85.6 Å². The quantitative estimate of drug-likeness (QED) is 0.428. The van der Waals surface area contributed by atoms with E-state index >= 15 is 0 Å². The van der Waals surface area contributed by atoms with Gasteiger partial charge in [-0.25, -0.2) is 8.78 Å². The second kappa shape index (κ2) is 9.03. The van der Waals surface area contributed by atoms with Crippen LogP contribution < -0.4 is 9.64 Å². The predicted octanol–water partition coefficient (Wildman–Crippen LogP) is 4.02. The van der Waals surface area contributed by atoms with Gasteiger partial charge in [-0.1, -0.05) is 6.07 Å². The van der Waals surface area contributed by atoms with Gasteiger partial charge >= 0.3 is 5.69 Å². The van der Waals surface area contributed by atoms with Gasteiger partial charge in [-0.15, -0.1) is 0 Å². The number of aromatic nitrogens is 1. The molecule has 0 saturated heterocycles. The van der Waals surface area contributed by atoms with Gasteiger partial charge in [-0.3, -0.25) is 19.9 Å². The molecule has 3 aromatic rings. The van der Waals surface area contributed by atoms with E-state index in [4.69, 9.17) is 4.74 Å². The highest BCUT2D eigenvalue weighted by Crippen LogP contribution is 2.24. The van der Waals surface area contributed by atoms with E-state index in [2.05, 4.69) is 4.98 Å². The third kappa shape index (κ3) is 4.90. The summed E-state index contributed by atoms with van der Waals surface area (Å²) in [6, 6.07) is 10.5. The fourth-order valence-corrected chi connectivity index (χ4v) is 2.61. The Bertz CT molecular complexity index is 1080. The van der Waals surface area contributed by atoms with Gasteiger partial charge in [0, 0.05) is 24.4 Å². The molecule has 0 unspecified atom stereocenters. The zero-order chi connectivity index (χ0) is 21.7. The van der Waals surface area contributed by atoms with E-state index in [0.717, 1.165) is 35.2 Å². The van der Waals surface area contributed by atoms with Crippen LogP contribution in [0.25, 0.3) is 0 Å². The molecule has 154 valence electrons. The highest BCUT2D eigenvalue weighted by molar-refractivity contribution is 5.94. The lowest BCUT2D eigenvalue weighted by Gasteiger charge is -2.23. The Morgan fingerprint density at radius 2 is 1.87 bits per heavy atom. The third-order valence-corrected chi connectivity index (χ3v) is 4.03. The molecule has 0 aliphatic heterocycles. The van der Waals surface area contributed by atoms with Crippen LogP contribution in [-0.4, -0.2) is 22.4 Å². The number of nitrogens with zero attached hydrogens (tertiary/aromatic N) is 3. The van der Waals surface area contributed by atoms with Crippen LogP contribution in [0.4, 0.5) is 24.5 Å². The molecule has 0 atom stereocenters. The predicted molar refractivity (Wildman–Crippen MR) is 100 cm³/mol. The van der Waals surface area contributed by atoms with Crippen molar-refractivity contribution in [3.63, 3.8) is 0 Å². The van der Waals surface area contributed by atoms with Crippen molar-refractivity contribution in [3.8, 4) is 5.75 Å². The first-order chi connectivity index (χ1) is 14.3. The van der Waals surface area contributed by atoms with Crippen LogP contribution in [0.15, 0.2) is 60.8 Å². The molecule has 10 heteroatoms. The fraction of sp³-hybridized carbons (Fsp3) is 0.100. The van der Waals surface area contributed by atoms with E-state index < -0.39 is 40.6 Å². The molecule has 0 bridgehead atoms. The van der Waals surface area contributed by atoms with Crippen molar-refractivity contribution in [2.45, 2.75) is 6.54 Å². The van der Waals surface area contributed by atoms with Crippen molar-refractivity contribution >= 4 is 17.3 Å². The van der Waals surface area contributed by atoms with E-state index in [0.29, 0.717) is 11.8 Å². The Labute approximate surface area is 168 Å². The largest absolute Gasteiger partial charge is 0.484 e. The van der Waals surface area contributed by atoms with Crippen molar-refractivity contribution < 1.29 is 27.6 Å². The van der Waals surface area contributed by atoms with Crippen LogP contribution in [0.2, 0.25) is 0 Å². The van der Waals surface area contributed by atoms with Crippen molar-refractivity contribution in [3.05, 3.63) is 94.1 Å². The number of hydrogen-bond donors (Lipinski definition) is 0. The summed E-state index contributed by atoms with van der Waals surface area (Å²) in [6.45, 7) is -0.749. The molecule has 0 aliphatic carbocycles. The Hall–Kier alpha value is -3.95. The minimum Gasteiger partial charge on any atom is -0.484 e. The number of ether oxygens (including phenoxy) is 1. The normalized spacial score (nSPS) is 10.5. The smallest absolute Gasteiger partial charge is 0.305 e. The van der Waals surface area contributed by atoms with Gasteiger partial charge in [-0.05, 0) is 30.3 Å². The molecule has 0 fully saturated rings. The zero-order valence-corrected chi connectivity index (χ0v) is 15.3. The van der Waals surface area contributed by atoms with Gasteiger partial charge in [0.05, 0.1) is 22.8 Å². The number of hydrogen-bond acceptors (Lipinski definition) is 5. The molecular weight excluding hydrogens is 403 g/mol. The van der Waals surface area contributed by atoms with Gasteiger partial charge in [0.25, 0.3) is 5.91 Å². The monoisotopic (exact) mass is 417 g/mol. The lowest BCUT2D eigenvalue weighted by atomic mass is 10.2. The average Bonchev–Trinajstić information content (AvgIpc) is 2.71. The number of carbonyl (C=O) groups excluding carboxylic acids is 1. The molecule has 7 nitrogen and oxygen atoms in total. The van der Waals surface area contributed by atoms with Gasteiger partial charge in [0.1, 0.15) is 17.4 Å². The molecule has 0 radical (unpaired) electrons. The maximum absolute atomic E-state index is 14.3. The van der Waals surface area contributed by atoms with Gasteiger partial charge in [-0.2, -0.15) is 4.39 Å². The number of benzene rings is 2. The van der Waals surface area contributed by atoms with Crippen LogP contribution in [0, 0.1) is 27.6 Å². The van der Waals surface area contributed by atoms with Gasteiger partial charge < -0.3 is 9.64 Å². The summed E-state index contributed by atoms with van der Waals surface area (Å²) in [4.78, 5) is 27.6. The minimum atomic E-state index is -1.13. The van der Waals surface area contributed by atoms with Crippen LogP contribution in [0.3, 0.4) is 0 Å². The van der Waals surface area contributed by atoms with Crippen LogP contribution in [0.1, 0.15) is 5.69 Å². The molecule has 1 aromatic heterocycles. The molecule has 3 rings (SSSR count). The maximum Gasteiger partial charge on any atom is 0.305 e. The summed E-state index contributed by atoms with van der Waals surface area (Å²) in [5.74, 6) is -3.73. The number of pyridine rings is 1. The Morgan fingerprint density at radius 3 is 2.50 bits per heavy atom. The lowest BCUT2D eigenvalue weighted by Crippen LogP contribution is -2.35. The number of halogens is 3. The minimum absolute atomic E-state index is 0.121. The first-order valence-corrected chi connectivity index (χ1v) is 8.57. The van der Waals surface area contributed by atoms with Crippen LogP contribution in [-0.2, 0) is 11.3 Å². The molecule has 0 aliphatic rings. The lowest BCUT2D eigenvalue weighted by molar-refractivity contribution is -0.387. The molecule has 0 N–H and O–H groups in total. The van der Waals surface area contributed by atoms with E-state index in [1.54, 1.807) is 18.2 Å². The van der Waals surface area contributed by atoms with Crippen molar-refractivity contribution in [2.75, 3.05) is 11.5 Å². The number of carbonyl (C=O) groups is 1. The fourth-order valence-electron chi connectivity index (χ4n) is 2.61. The Kier molecular flexibility index (Phi) is 6.26. The summed E-state index contributed by atoms with van der Waals surface area (Å²) in [5.41, 5.74) is -0.486. The van der Waals surface area contributed by atoms with E-state index in [-0.39, 0.29) is 18.0 Å². The van der Waals surface area contributed by atoms with Gasteiger partial charge in [0.2, 0.25) is 5.82 Å². The number of rotatable bonds is 7.